The van der Waals surface area contributed by atoms with E-state index in [2.05, 4.69) is 17.7 Å². The van der Waals surface area contributed by atoms with Crippen molar-refractivity contribution in [1.29, 1.82) is 0 Å². The second kappa shape index (κ2) is 2.34. The van der Waals surface area contributed by atoms with E-state index < -0.39 is 0 Å². The van der Waals surface area contributed by atoms with Gasteiger partial charge in [-0.15, -0.1) is 0 Å². The van der Waals surface area contributed by atoms with Crippen molar-refractivity contribution in [3.8, 4) is 0 Å². The Labute approximate surface area is 25.1 Å². The van der Waals surface area contributed by atoms with Crippen molar-refractivity contribution in [3.05, 3.63) is 12.4 Å². The van der Waals surface area contributed by atoms with E-state index in [4.69, 9.17) is 0 Å². The molecule has 0 aromatic rings. The van der Waals surface area contributed by atoms with E-state index in [0.717, 1.165) is 6.20 Å². The summed E-state index contributed by atoms with van der Waals surface area (Å²) in [5.41, 5.74) is 9.26. The molecule has 0 unspecified atom stereocenters. The molecule has 0 aromatic carbocycles. The lowest BCUT2D eigenvalue weighted by molar-refractivity contribution is 1.44. The fourth-order valence-corrected chi connectivity index (χ4v) is 0. The van der Waals surface area contributed by atoms with Crippen LogP contribution in [0.3, 0.4) is 0 Å². The zero-order chi connectivity index (χ0) is 3.41. The fourth-order valence-electron chi connectivity index (χ4n) is 0. The fraction of sp³-hybridized carbons (Fsp3) is 0. The molecule has 0 heterocycles. The van der Waals surface area contributed by atoms with Crippen molar-refractivity contribution in [1.82, 2.24) is 0 Å². The van der Waals surface area contributed by atoms with Crippen LogP contribution in [0.1, 0.15) is 0 Å². The monoisotopic (exact) mass is 57.0 g/mol. The Balaban J connectivity index is 2.55. The van der Waals surface area contributed by atoms with Gasteiger partial charge in [0.05, 0.1) is 6.20 Å². The number of hydrogen-bond acceptors (Lipinski definition) is 2. The van der Waals surface area contributed by atoms with Gasteiger partial charge in [-0.2, -0.15) is 0 Å². The summed E-state index contributed by atoms with van der Waals surface area (Å²) in [6, 6.07) is 0. The molecule has 0 amide bonds. The lowest BCUT2D eigenvalue weighted by Crippen LogP contribution is -1.83. The standard InChI is InChI=1S/C2H5N2/c3-1-2-4/h1H,3-4H2. The van der Waals surface area contributed by atoms with Crippen molar-refractivity contribution in [3.63, 3.8) is 0 Å². The first-order chi connectivity index (χ1) is 1.91. The molecule has 4 N–H and O–H groups in total. The number of hydrogen-bond donors (Lipinski definition) is 2. The van der Waals surface area contributed by atoms with Gasteiger partial charge in [-0.05, 0) is 0 Å². The zero-order valence-electron chi connectivity index (χ0n) is 2.23. The summed E-state index contributed by atoms with van der Waals surface area (Å²) >= 11 is 0. The predicted octanol–water partition coefficient (Wildman–Crippen LogP) is -0.822. The largest absolute Gasteiger partial charge is 0.403 e. The molecule has 0 aliphatic heterocycles. The van der Waals surface area contributed by atoms with Crippen molar-refractivity contribution in [2.24, 2.45) is 11.5 Å². The van der Waals surface area contributed by atoms with E-state index in [0.29, 0.717) is 0 Å². The maximum absolute atomic E-state index is 4.67. The quantitative estimate of drug-likeness (QED) is 0.357. The smallest absolute Gasteiger partial charge is 0.0720 e. The molecule has 4 heavy (non-hydrogen) atoms. The second-order valence-corrected chi connectivity index (χ2v) is 0.333. The summed E-state index contributed by atoms with van der Waals surface area (Å²) in [4.78, 5) is 0. The predicted molar refractivity (Wildman–Crippen MR) is 16.2 cm³/mol. The molecule has 0 fully saturated rings. The van der Waals surface area contributed by atoms with E-state index in [1.807, 2.05) is 0 Å². The van der Waals surface area contributed by atoms with Crippen LogP contribution in [0.2, 0.25) is 0 Å². The van der Waals surface area contributed by atoms with Gasteiger partial charge in [0.2, 0.25) is 0 Å². The van der Waals surface area contributed by atoms with Crippen LogP contribution in [0.15, 0.2) is 6.20 Å². The average Bonchev–Trinajstić information content (AvgIpc) is 1.37. The number of rotatable bonds is 0. The van der Waals surface area contributed by atoms with Crippen LogP contribution < -0.4 is 11.5 Å². The summed E-state index contributed by atoms with van der Waals surface area (Å²) in [5.74, 6) is 0. The van der Waals surface area contributed by atoms with Crippen LogP contribution in [0.4, 0.5) is 0 Å². The molecule has 0 aliphatic carbocycles. The van der Waals surface area contributed by atoms with Gasteiger partial charge in [0.15, 0.2) is 0 Å². The highest BCUT2D eigenvalue weighted by molar-refractivity contribution is 4.54. The SMILES string of the molecule is N[C]=CN. The molecule has 0 aromatic heterocycles. The summed E-state index contributed by atoms with van der Waals surface area (Å²) < 4.78 is 0. The normalized spacial score (nSPS) is 9.00. The van der Waals surface area contributed by atoms with Gasteiger partial charge < -0.3 is 11.5 Å². The molecule has 1 radical (unpaired) electrons. The molecule has 0 spiro atoms. The van der Waals surface area contributed by atoms with E-state index >= 15 is 0 Å². The first-order valence-electron chi connectivity index (χ1n) is 0.911. The van der Waals surface area contributed by atoms with E-state index in [9.17, 15) is 0 Å². The maximum atomic E-state index is 4.67. The minimum atomic E-state index is 1.15. The van der Waals surface area contributed by atoms with Crippen LogP contribution >= 0.6 is 0 Å². The minimum absolute atomic E-state index is 1.15. The first-order valence-corrected chi connectivity index (χ1v) is 0.911. The van der Waals surface area contributed by atoms with Gasteiger partial charge in [0.25, 0.3) is 0 Å². The summed E-state index contributed by atoms with van der Waals surface area (Å²) in [6.07, 6.45) is 3.24. The second-order valence-electron chi connectivity index (χ2n) is 0.333. The van der Waals surface area contributed by atoms with Crippen LogP contribution in [0.5, 0.6) is 0 Å². The molecule has 2 nitrogen and oxygen atoms in total. The average molecular weight is 57.1 g/mol. The Morgan fingerprint density at radius 1 is 1.75 bits per heavy atom. The van der Waals surface area contributed by atoms with Crippen LogP contribution in [0, 0.1) is 6.20 Å². The van der Waals surface area contributed by atoms with Crippen molar-refractivity contribution < 1.29 is 0 Å². The highest BCUT2D eigenvalue weighted by atomic mass is 14.6. The third kappa shape index (κ3) is 1.34. The van der Waals surface area contributed by atoms with Gasteiger partial charge in [-0.25, -0.2) is 0 Å². The Hall–Kier alpha value is -0.660. The van der Waals surface area contributed by atoms with Crippen molar-refractivity contribution >= 4 is 0 Å². The molecule has 0 saturated heterocycles. The van der Waals surface area contributed by atoms with Crippen molar-refractivity contribution in [2.45, 2.75) is 0 Å². The molecule has 0 atom stereocenters. The minimum Gasteiger partial charge on any atom is -0.403 e. The highest BCUT2D eigenvalue weighted by Gasteiger charge is 1.33. The summed E-state index contributed by atoms with van der Waals surface area (Å²) in [5, 5.41) is 0. The van der Waals surface area contributed by atoms with E-state index in [1.54, 1.807) is 0 Å². The van der Waals surface area contributed by atoms with E-state index in [1.165, 1.54) is 0 Å². The molecule has 0 bridgehead atoms. The summed E-state index contributed by atoms with van der Waals surface area (Å²) in [7, 11) is 0. The van der Waals surface area contributed by atoms with Crippen molar-refractivity contribution in [2.75, 3.05) is 0 Å². The van der Waals surface area contributed by atoms with Gasteiger partial charge in [-0.1, -0.05) is 0 Å². The van der Waals surface area contributed by atoms with Gasteiger partial charge in [0.1, 0.15) is 0 Å². The Kier molecular flexibility index (Phi) is 1.95. The Bertz CT molecular complexity index is 19.2. The lowest BCUT2D eigenvalue weighted by Gasteiger charge is -1.54. The lowest BCUT2D eigenvalue weighted by atomic mass is 11.0. The zero-order valence-corrected chi connectivity index (χ0v) is 2.23. The molecule has 2 heteroatoms. The third-order valence-corrected chi connectivity index (χ3v) is 0.0962. The van der Waals surface area contributed by atoms with E-state index in [-0.39, 0.29) is 0 Å². The number of nitrogens with two attached hydrogens (primary N) is 2. The molecular formula is C2H5N2. The summed E-state index contributed by atoms with van der Waals surface area (Å²) in [6.45, 7) is 0. The van der Waals surface area contributed by atoms with Gasteiger partial charge in [-0.3, -0.25) is 0 Å². The maximum Gasteiger partial charge on any atom is 0.0720 e. The molecule has 23 valence electrons. The highest BCUT2D eigenvalue weighted by Crippen LogP contribution is 1.27. The molecule has 0 saturated carbocycles. The Morgan fingerprint density at radius 2 is 2.00 bits per heavy atom. The Morgan fingerprint density at radius 3 is 2.00 bits per heavy atom. The third-order valence-electron chi connectivity index (χ3n) is 0.0962. The van der Waals surface area contributed by atoms with Gasteiger partial charge >= 0.3 is 0 Å². The van der Waals surface area contributed by atoms with Gasteiger partial charge in [0, 0.05) is 6.20 Å². The van der Waals surface area contributed by atoms with Crippen LogP contribution in [0.25, 0.3) is 0 Å². The van der Waals surface area contributed by atoms with Crippen LogP contribution in [-0.2, 0) is 0 Å². The topological polar surface area (TPSA) is 52.0 Å². The molecule has 0 aliphatic rings. The molecule has 0 rings (SSSR count). The molecular weight excluding hydrogens is 52.0 g/mol. The van der Waals surface area contributed by atoms with Crippen LogP contribution in [-0.4, -0.2) is 0 Å². The first kappa shape index (κ1) is 3.34.